The van der Waals surface area contributed by atoms with Crippen molar-refractivity contribution >= 4 is 22.8 Å². The maximum Gasteiger partial charge on any atom is 0.110 e. The lowest BCUT2D eigenvalue weighted by atomic mass is 10.1. The first kappa shape index (κ1) is 16.4. The Morgan fingerprint density at radius 2 is 2.00 bits per heavy atom. The van der Waals surface area contributed by atoms with Gasteiger partial charge in [0.15, 0.2) is 0 Å². The minimum atomic E-state index is 0.649. The molecule has 2 rings (SSSR count). The molecule has 2 aromatic rings. The lowest BCUT2D eigenvalue weighted by molar-refractivity contribution is 0.562. The Morgan fingerprint density at radius 3 is 2.67 bits per heavy atom. The molecule has 1 aromatic carbocycles. The van der Waals surface area contributed by atoms with Crippen LogP contribution >= 0.6 is 11.8 Å². The van der Waals surface area contributed by atoms with Gasteiger partial charge in [-0.25, -0.2) is 4.98 Å². The first-order valence-electron chi connectivity index (χ1n) is 8.27. The zero-order chi connectivity index (χ0) is 15.2. The van der Waals surface area contributed by atoms with Gasteiger partial charge in [-0.2, -0.15) is 0 Å². The smallest absolute Gasteiger partial charge is 0.110 e. The number of benzene rings is 1. The number of hydrogen-bond donors (Lipinski definition) is 0. The van der Waals surface area contributed by atoms with Crippen LogP contribution in [0.5, 0.6) is 0 Å². The zero-order valence-corrected chi connectivity index (χ0v) is 14.7. The van der Waals surface area contributed by atoms with Crippen molar-refractivity contribution in [1.29, 1.82) is 0 Å². The van der Waals surface area contributed by atoms with Crippen LogP contribution in [-0.4, -0.2) is 15.3 Å². The van der Waals surface area contributed by atoms with E-state index in [2.05, 4.69) is 50.5 Å². The first-order valence-corrected chi connectivity index (χ1v) is 9.26. The minimum absolute atomic E-state index is 0.649. The second-order valence-electron chi connectivity index (χ2n) is 6.13. The van der Waals surface area contributed by atoms with E-state index in [1.165, 1.54) is 41.3 Å². The monoisotopic (exact) mass is 304 g/mol. The number of imidazole rings is 1. The summed E-state index contributed by atoms with van der Waals surface area (Å²) in [6, 6.07) is 6.75. The lowest BCUT2D eigenvalue weighted by Crippen LogP contribution is -2.07. The summed E-state index contributed by atoms with van der Waals surface area (Å²) in [5.74, 6) is 3.09. The van der Waals surface area contributed by atoms with Crippen LogP contribution in [0.3, 0.4) is 0 Å². The average molecular weight is 305 g/mol. The quantitative estimate of drug-likeness (QED) is 0.596. The highest BCUT2D eigenvalue weighted by Crippen LogP contribution is 2.26. The highest BCUT2D eigenvalue weighted by Gasteiger charge is 2.12. The summed E-state index contributed by atoms with van der Waals surface area (Å²) in [7, 11) is 0. The number of aromatic nitrogens is 2. The molecule has 0 fully saturated rings. The molecule has 0 aliphatic heterocycles. The Labute approximate surface area is 133 Å². The van der Waals surface area contributed by atoms with E-state index < -0.39 is 0 Å². The van der Waals surface area contributed by atoms with E-state index in [1.54, 1.807) is 0 Å². The molecule has 1 heterocycles. The van der Waals surface area contributed by atoms with Crippen LogP contribution in [0.2, 0.25) is 0 Å². The topological polar surface area (TPSA) is 17.8 Å². The van der Waals surface area contributed by atoms with Gasteiger partial charge in [0.05, 0.1) is 11.0 Å². The van der Waals surface area contributed by atoms with Crippen molar-refractivity contribution < 1.29 is 0 Å². The summed E-state index contributed by atoms with van der Waals surface area (Å²) in [4.78, 5) is 6.25. The van der Waals surface area contributed by atoms with Gasteiger partial charge in [0.2, 0.25) is 0 Å². The third-order valence-corrected chi connectivity index (χ3v) is 4.80. The molecule has 2 nitrogen and oxygen atoms in total. The summed E-state index contributed by atoms with van der Waals surface area (Å²) in [6.45, 7) is 10.1. The maximum absolute atomic E-state index is 4.88. The predicted molar refractivity (Wildman–Crippen MR) is 94.2 cm³/mol. The van der Waals surface area contributed by atoms with Crippen molar-refractivity contribution in [3.63, 3.8) is 0 Å². The molecule has 0 atom stereocenters. The molecular weight excluding hydrogens is 276 g/mol. The van der Waals surface area contributed by atoms with E-state index >= 15 is 0 Å². The molecule has 0 bridgehead atoms. The Balaban J connectivity index is 2.38. The third-order valence-electron chi connectivity index (χ3n) is 3.60. The number of hydrogen-bond acceptors (Lipinski definition) is 2. The van der Waals surface area contributed by atoms with Gasteiger partial charge in [0, 0.05) is 17.9 Å². The number of fused-ring (bicyclic) bond motifs is 1. The lowest BCUT2D eigenvalue weighted by Gasteiger charge is -2.10. The molecule has 0 saturated heterocycles. The van der Waals surface area contributed by atoms with Gasteiger partial charge in [-0.05, 0) is 42.7 Å². The van der Waals surface area contributed by atoms with Crippen molar-refractivity contribution in [1.82, 2.24) is 9.55 Å². The molecular formula is C18H28N2S. The number of unbranched alkanes of at least 4 members (excludes halogenated alkanes) is 1. The van der Waals surface area contributed by atoms with Crippen LogP contribution < -0.4 is 0 Å². The van der Waals surface area contributed by atoms with E-state index in [4.69, 9.17) is 4.98 Å². The Bertz CT molecular complexity index is 572. The zero-order valence-electron chi connectivity index (χ0n) is 13.9. The summed E-state index contributed by atoms with van der Waals surface area (Å²) >= 11 is 1.95. The van der Waals surface area contributed by atoms with Gasteiger partial charge in [0.25, 0.3) is 0 Å². The Hall–Kier alpha value is -0.960. The van der Waals surface area contributed by atoms with E-state index in [0.29, 0.717) is 5.92 Å². The number of aryl methyl sites for hydroxylation is 1. The molecule has 1 aromatic heterocycles. The molecule has 3 heteroatoms. The minimum Gasteiger partial charge on any atom is -0.328 e. The Morgan fingerprint density at radius 1 is 1.19 bits per heavy atom. The van der Waals surface area contributed by atoms with Crippen molar-refractivity contribution in [2.75, 3.05) is 5.75 Å². The van der Waals surface area contributed by atoms with E-state index in [1.807, 2.05) is 11.8 Å². The second kappa shape index (κ2) is 7.88. The van der Waals surface area contributed by atoms with Gasteiger partial charge in [-0.3, -0.25) is 0 Å². The third kappa shape index (κ3) is 4.26. The van der Waals surface area contributed by atoms with Crippen molar-refractivity contribution in [3.8, 4) is 0 Å². The standard InChI is InChI=1S/C18H28N2S/c1-5-7-10-20-17-13-15(21-11-6-2)8-9-16(17)19-18(20)12-14(3)4/h8-9,13-14H,5-7,10-12H2,1-4H3. The van der Waals surface area contributed by atoms with Crippen LogP contribution in [-0.2, 0) is 13.0 Å². The molecule has 0 aliphatic rings. The van der Waals surface area contributed by atoms with Gasteiger partial charge in [-0.15, -0.1) is 11.8 Å². The Kier molecular flexibility index (Phi) is 6.16. The second-order valence-corrected chi connectivity index (χ2v) is 7.30. The van der Waals surface area contributed by atoms with Crippen LogP contribution in [0.15, 0.2) is 23.1 Å². The van der Waals surface area contributed by atoms with Crippen LogP contribution in [0.4, 0.5) is 0 Å². The highest BCUT2D eigenvalue weighted by atomic mass is 32.2. The van der Waals surface area contributed by atoms with E-state index in [0.717, 1.165) is 18.5 Å². The SMILES string of the molecule is CCCCn1c(CC(C)C)nc2ccc(SCCC)cc21. The summed E-state index contributed by atoms with van der Waals surface area (Å²) in [5, 5.41) is 0. The molecule has 116 valence electrons. The number of nitrogens with zero attached hydrogens (tertiary/aromatic N) is 2. The van der Waals surface area contributed by atoms with Gasteiger partial charge in [-0.1, -0.05) is 34.1 Å². The van der Waals surface area contributed by atoms with Crippen LogP contribution in [0.1, 0.15) is 52.8 Å². The fourth-order valence-electron chi connectivity index (χ4n) is 2.55. The fraction of sp³-hybridized carbons (Fsp3) is 0.611. The summed E-state index contributed by atoms with van der Waals surface area (Å²) < 4.78 is 2.45. The molecule has 0 saturated carbocycles. The highest BCUT2D eigenvalue weighted by molar-refractivity contribution is 7.99. The van der Waals surface area contributed by atoms with Gasteiger partial charge >= 0.3 is 0 Å². The summed E-state index contributed by atoms with van der Waals surface area (Å²) in [5.41, 5.74) is 2.47. The first-order chi connectivity index (χ1) is 10.2. The van der Waals surface area contributed by atoms with Crippen LogP contribution in [0.25, 0.3) is 11.0 Å². The van der Waals surface area contributed by atoms with Crippen molar-refractivity contribution in [2.24, 2.45) is 5.92 Å². The average Bonchev–Trinajstić information content (AvgIpc) is 2.78. The van der Waals surface area contributed by atoms with Gasteiger partial charge in [0.1, 0.15) is 5.82 Å². The van der Waals surface area contributed by atoms with Crippen LogP contribution in [0, 0.1) is 5.92 Å². The largest absolute Gasteiger partial charge is 0.328 e. The molecule has 0 N–H and O–H groups in total. The predicted octanol–water partition coefficient (Wildman–Crippen LogP) is 5.54. The molecule has 21 heavy (non-hydrogen) atoms. The molecule has 0 amide bonds. The normalized spacial score (nSPS) is 11.7. The molecule has 0 spiro atoms. The van der Waals surface area contributed by atoms with Gasteiger partial charge < -0.3 is 4.57 Å². The van der Waals surface area contributed by atoms with Crippen molar-refractivity contribution in [3.05, 3.63) is 24.0 Å². The number of thioether (sulfide) groups is 1. The van der Waals surface area contributed by atoms with E-state index in [9.17, 15) is 0 Å². The summed E-state index contributed by atoms with van der Waals surface area (Å²) in [6.07, 6.45) is 4.74. The molecule has 0 unspecified atom stereocenters. The van der Waals surface area contributed by atoms with E-state index in [-0.39, 0.29) is 0 Å². The molecule has 0 aliphatic carbocycles. The maximum atomic E-state index is 4.88. The van der Waals surface area contributed by atoms with Crippen molar-refractivity contribution in [2.45, 2.75) is 64.8 Å². The fourth-order valence-corrected chi connectivity index (χ4v) is 3.35. The number of rotatable bonds is 8. The molecule has 0 radical (unpaired) electrons.